The van der Waals surface area contributed by atoms with Crippen LogP contribution in [-0.2, 0) is 4.79 Å². The number of amides is 1. The lowest BCUT2D eigenvalue weighted by Gasteiger charge is -2.12. The molecule has 1 aromatic carbocycles. The van der Waals surface area contributed by atoms with Crippen LogP contribution in [0.3, 0.4) is 0 Å². The van der Waals surface area contributed by atoms with E-state index in [1.165, 1.54) is 0 Å². The Kier molecular flexibility index (Phi) is 6.43. The molecule has 0 aliphatic carbocycles. The molecule has 0 aromatic heterocycles. The molecule has 1 rings (SSSR count). The van der Waals surface area contributed by atoms with E-state index >= 15 is 0 Å². The summed E-state index contributed by atoms with van der Waals surface area (Å²) in [5, 5.41) is 2.79. The minimum absolute atomic E-state index is 0. The smallest absolute Gasteiger partial charge is 0.227 e. The first kappa shape index (κ1) is 15.6. The van der Waals surface area contributed by atoms with E-state index in [2.05, 4.69) is 5.32 Å². The fourth-order valence-corrected chi connectivity index (χ4v) is 1.21. The van der Waals surface area contributed by atoms with Gasteiger partial charge < -0.3 is 15.8 Å². The van der Waals surface area contributed by atoms with Crippen molar-refractivity contribution in [3.05, 3.63) is 18.2 Å². The van der Waals surface area contributed by atoms with Gasteiger partial charge >= 0.3 is 0 Å². The van der Waals surface area contributed by atoms with Gasteiger partial charge in [-0.3, -0.25) is 4.79 Å². The van der Waals surface area contributed by atoms with Crippen LogP contribution in [0.5, 0.6) is 5.75 Å². The summed E-state index contributed by atoms with van der Waals surface area (Å²) < 4.78 is 5.07. The van der Waals surface area contributed by atoms with Crippen molar-refractivity contribution in [2.24, 2.45) is 5.92 Å². The SMILES string of the molecule is CCC(C)C(=O)Nc1cc(OC)ccc1N.Cl. The van der Waals surface area contributed by atoms with Gasteiger partial charge in [-0.15, -0.1) is 12.4 Å². The van der Waals surface area contributed by atoms with Gasteiger partial charge in [0.15, 0.2) is 0 Å². The first-order chi connectivity index (χ1) is 7.58. The second-order valence-electron chi connectivity index (χ2n) is 3.75. The second kappa shape index (κ2) is 7.01. The predicted molar refractivity (Wildman–Crippen MR) is 72.7 cm³/mol. The minimum Gasteiger partial charge on any atom is -0.497 e. The van der Waals surface area contributed by atoms with Gasteiger partial charge in [0, 0.05) is 12.0 Å². The van der Waals surface area contributed by atoms with Crippen molar-refractivity contribution in [3.8, 4) is 5.75 Å². The number of ether oxygens (including phenoxy) is 1. The maximum atomic E-state index is 11.7. The van der Waals surface area contributed by atoms with Crippen molar-refractivity contribution < 1.29 is 9.53 Å². The molecule has 3 N–H and O–H groups in total. The zero-order valence-electron chi connectivity index (χ0n) is 10.3. The Morgan fingerprint density at radius 2 is 2.18 bits per heavy atom. The van der Waals surface area contributed by atoms with Crippen molar-refractivity contribution in [1.29, 1.82) is 0 Å². The lowest BCUT2D eigenvalue weighted by Crippen LogP contribution is -2.20. The van der Waals surface area contributed by atoms with Gasteiger partial charge in [-0.1, -0.05) is 13.8 Å². The van der Waals surface area contributed by atoms with Crippen LogP contribution in [0.1, 0.15) is 20.3 Å². The van der Waals surface area contributed by atoms with Crippen LogP contribution < -0.4 is 15.8 Å². The molecule has 1 aromatic rings. The molecule has 0 fully saturated rings. The van der Waals surface area contributed by atoms with Crippen LogP contribution in [0.2, 0.25) is 0 Å². The molecule has 4 nitrogen and oxygen atoms in total. The lowest BCUT2D eigenvalue weighted by atomic mass is 10.1. The molecule has 0 saturated heterocycles. The standard InChI is InChI=1S/C12H18N2O2.ClH/c1-4-8(2)12(15)14-11-7-9(16-3)5-6-10(11)13;/h5-8H,4,13H2,1-3H3,(H,14,15);1H. The highest BCUT2D eigenvalue weighted by molar-refractivity contribution is 5.95. The number of carbonyl (C=O) groups excluding carboxylic acids is 1. The van der Waals surface area contributed by atoms with Gasteiger partial charge in [0.1, 0.15) is 5.75 Å². The highest BCUT2D eigenvalue weighted by Crippen LogP contribution is 2.24. The Morgan fingerprint density at radius 3 is 2.71 bits per heavy atom. The molecule has 0 bridgehead atoms. The van der Waals surface area contributed by atoms with Crippen molar-refractivity contribution in [2.45, 2.75) is 20.3 Å². The number of nitrogen functional groups attached to an aromatic ring is 1. The number of anilines is 2. The largest absolute Gasteiger partial charge is 0.497 e. The number of halogens is 1. The van der Waals surface area contributed by atoms with E-state index in [-0.39, 0.29) is 24.2 Å². The summed E-state index contributed by atoms with van der Waals surface area (Å²) in [4.78, 5) is 11.7. The Morgan fingerprint density at radius 1 is 1.53 bits per heavy atom. The average molecular weight is 259 g/mol. The molecule has 0 radical (unpaired) electrons. The summed E-state index contributed by atoms with van der Waals surface area (Å²) in [6.07, 6.45) is 0.801. The molecule has 0 aliphatic heterocycles. The number of benzene rings is 1. The molecule has 1 unspecified atom stereocenters. The fourth-order valence-electron chi connectivity index (χ4n) is 1.21. The first-order valence-electron chi connectivity index (χ1n) is 5.32. The Hall–Kier alpha value is -1.42. The Balaban J connectivity index is 0.00000256. The topological polar surface area (TPSA) is 64.3 Å². The van der Waals surface area contributed by atoms with Gasteiger partial charge in [0.2, 0.25) is 5.91 Å². The third-order valence-corrected chi connectivity index (χ3v) is 2.58. The number of hydrogen-bond acceptors (Lipinski definition) is 3. The number of carbonyl (C=O) groups is 1. The molecule has 0 heterocycles. The van der Waals surface area contributed by atoms with E-state index in [9.17, 15) is 4.79 Å². The van der Waals surface area contributed by atoms with Gasteiger partial charge in [0.05, 0.1) is 18.5 Å². The van der Waals surface area contributed by atoms with E-state index in [1.54, 1.807) is 25.3 Å². The summed E-state index contributed by atoms with van der Waals surface area (Å²) in [6, 6.07) is 5.19. The lowest BCUT2D eigenvalue weighted by molar-refractivity contribution is -0.119. The third-order valence-electron chi connectivity index (χ3n) is 2.58. The molecule has 96 valence electrons. The molecule has 1 amide bonds. The maximum Gasteiger partial charge on any atom is 0.227 e. The van der Waals surface area contributed by atoms with Crippen molar-refractivity contribution in [1.82, 2.24) is 0 Å². The molecule has 0 aliphatic rings. The van der Waals surface area contributed by atoms with Crippen LogP contribution in [0, 0.1) is 5.92 Å². The zero-order valence-corrected chi connectivity index (χ0v) is 11.1. The predicted octanol–water partition coefficient (Wildman–Crippen LogP) is 2.68. The normalized spacial score (nSPS) is 11.2. The van der Waals surface area contributed by atoms with Gasteiger partial charge in [-0.25, -0.2) is 0 Å². The van der Waals surface area contributed by atoms with E-state index in [0.29, 0.717) is 17.1 Å². The van der Waals surface area contributed by atoms with E-state index in [4.69, 9.17) is 10.5 Å². The number of nitrogens with one attached hydrogen (secondary N) is 1. The summed E-state index contributed by atoms with van der Waals surface area (Å²) >= 11 is 0. The molecule has 1 atom stereocenters. The van der Waals surface area contributed by atoms with Crippen molar-refractivity contribution >= 4 is 29.7 Å². The molecule has 5 heteroatoms. The Labute approximate surface area is 108 Å². The van der Waals surface area contributed by atoms with Crippen LogP contribution in [0.25, 0.3) is 0 Å². The quantitative estimate of drug-likeness (QED) is 0.816. The highest BCUT2D eigenvalue weighted by atomic mass is 35.5. The highest BCUT2D eigenvalue weighted by Gasteiger charge is 2.12. The second-order valence-corrected chi connectivity index (χ2v) is 3.75. The maximum absolute atomic E-state index is 11.7. The van der Waals surface area contributed by atoms with Gasteiger partial charge in [-0.05, 0) is 18.6 Å². The number of hydrogen-bond donors (Lipinski definition) is 2. The molecular weight excluding hydrogens is 240 g/mol. The summed E-state index contributed by atoms with van der Waals surface area (Å²) in [5.41, 5.74) is 6.90. The number of methoxy groups -OCH3 is 1. The first-order valence-corrected chi connectivity index (χ1v) is 5.32. The van der Waals surface area contributed by atoms with E-state index in [1.807, 2.05) is 13.8 Å². The fraction of sp³-hybridized carbons (Fsp3) is 0.417. The zero-order chi connectivity index (χ0) is 12.1. The summed E-state index contributed by atoms with van der Waals surface area (Å²) in [7, 11) is 1.58. The summed E-state index contributed by atoms with van der Waals surface area (Å²) in [6.45, 7) is 3.85. The molecular formula is C12H19ClN2O2. The van der Waals surface area contributed by atoms with Crippen molar-refractivity contribution in [3.63, 3.8) is 0 Å². The van der Waals surface area contributed by atoms with Crippen molar-refractivity contribution in [2.75, 3.05) is 18.2 Å². The number of rotatable bonds is 4. The van der Waals surface area contributed by atoms with Crippen LogP contribution in [0.4, 0.5) is 11.4 Å². The summed E-state index contributed by atoms with van der Waals surface area (Å²) in [5.74, 6) is 0.627. The number of nitrogens with two attached hydrogens (primary N) is 1. The monoisotopic (exact) mass is 258 g/mol. The van der Waals surface area contributed by atoms with Crippen LogP contribution in [-0.4, -0.2) is 13.0 Å². The molecule has 17 heavy (non-hydrogen) atoms. The van der Waals surface area contributed by atoms with Crippen LogP contribution in [0.15, 0.2) is 18.2 Å². The van der Waals surface area contributed by atoms with E-state index in [0.717, 1.165) is 6.42 Å². The minimum atomic E-state index is -0.0255. The Bertz CT molecular complexity index is 383. The van der Waals surface area contributed by atoms with E-state index < -0.39 is 0 Å². The molecule has 0 saturated carbocycles. The van der Waals surface area contributed by atoms with Crippen LogP contribution >= 0.6 is 12.4 Å². The van der Waals surface area contributed by atoms with Gasteiger partial charge in [-0.2, -0.15) is 0 Å². The van der Waals surface area contributed by atoms with Gasteiger partial charge in [0.25, 0.3) is 0 Å². The third kappa shape index (κ3) is 4.15. The average Bonchev–Trinajstić information content (AvgIpc) is 2.30. The molecule has 0 spiro atoms.